The van der Waals surface area contributed by atoms with Crippen LogP contribution in [0.1, 0.15) is 19.8 Å². The Labute approximate surface area is 135 Å². The van der Waals surface area contributed by atoms with Gasteiger partial charge in [-0.3, -0.25) is 4.79 Å². The van der Waals surface area contributed by atoms with E-state index in [1.54, 1.807) is 6.20 Å². The molecule has 0 aromatic carbocycles. The first-order valence-corrected chi connectivity index (χ1v) is 8.02. The van der Waals surface area contributed by atoms with Crippen LogP contribution in [-0.4, -0.2) is 48.6 Å². The number of amides is 1. The van der Waals surface area contributed by atoms with E-state index in [4.69, 9.17) is 16.3 Å². The fraction of sp³-hybridized carbons (Fsp3) is 0.500. The highest BCUT2D eigenvalue weighted by atomic mass is 35.5. The number of anilines is 1. The van der Waals surface area contributed by atoms with E-state index in [2.05, 4.69) is 9.88 Å². The highest BCUT2D eigenvalue weighted by molar-refractivity contribution is 6.32. The summed E-state index contributed by atoms with van der Waals surface area (Å²) in [7, 11) is 0. The van der Waals surface area contributed by atoms with E-state index < -0.39 is 0 Å². The molecular formula is C16H20ClN3O2. The number of aromatic nitrogens is 1. The fourth-order valence-corrected chi connectivity index (χ4v) is 3.16. The van der Waals surface area contributed by atoms with Gasteiger partial charge in [0.15, 0.2) is 0 Å². The molecule has 1 fully saturated rings. The molecule has 5 nitrogen and oxygen atoms in total. The summed E-state index contributed by atoms with van der Waals surface area (Å²) in [5.74, 6) is 1.70. The number of carbonyl (C=O) groups is 1. The van der Waals surface area contributed by atoms with E-state index in [9.17, 15) is 4.79 Å². The fourth-order valence-electron chi connectivity index (χ4n) is 2.92. The van der Waals surface area contributed by atoms with E-state index in [0.717, 1.165) is 43.1 Å². The number of piperazine rings is 1. The lowest BCUT2D eigenvalue weighted by molar-refractivity contribution is -0.128. The minimum absolute atomic E-state index is 0.115. The maximum absolute atomic E-state index is 12.6. The molecule has 0 bridgehead atoms. The highest BCUT2D eigenvalue weighted by Gasteiger charge is 2.27. The molecule has 0 N–H and O–H groups in total. The summed E-state index contributed by atoms with van der Waals surface area (Å²) in [5.41, 5.74) is 0.829. The van der Waals surface area contributed by atoms with E-state index in [1.165, 1.54) is 0 Å². The molecule has 2 aliphatic heterocycles. The molecule has 0 atom stereocenters. The summed E-state index contributed by atoms with van der Waals surface area (Å²) in [6.07, 6.45) is 3.48. The second kappa shape index (κ2) is 6.57. The lowest BCUT2D eigenvalue weighted by atomic mass is 10.1. The third-order valence-electron chi connectivity index (χ3n) is 4.18. The van der Waals surface area contributed by atoms with E-state index >= 15 is 0 Å². The molecule has 0 aliphatic carbocycles. The van der Waals surface area contributed by atoms with E-state index in [0.29, 0.717) is 24.7 Å². The van der Waals surface area contributed by atoms with Crippen LogP contribution in [0, 0.1) is 0 Å². The van der Waals surface area contributed by atoms with E-state index in [1.807, 2.05) is 24.0 Å². The number of hydrogen-bond acceptors (Lipinski definition) is 4. The van der Waals surface area contributed by atoms with Crippen LogP contribution in [0.4, 0.5) is 5.82 Å². The van der Waals surface area contributed by atoms with Gasteiger partial charge in [-0.15, -0.1) is 0 Å². The van der Waals surface area contributed by atoms with Gasteiger partial charge in [0.2, 0.25) is 0 Å². The second-order valence-corrected chi connectivity index (χ2v) is 5.98. The first-order chi connectivity index (χ1) is 10.7. The van der Waals surface area contributed by atoms with Gasteiger partial charge in [0.05, 0.1) is 17.2 Å². The maximum Gasteiger partial charge on any atom is 0.253 e. The Balaban J connectivity index is 1.65. The number of halogens is 1. The average molecular weight is 322 g/mol. The normalized spacial score (nSPS) is 19.2. The molecule has 3 rings (SSSR count). The Morgan fingerprint density at radius 2 is 2.09 bits per heavy atom. The van der Waals surface area contributed by atoms with Gasteiger partial charge in [0.25, 0.3) is 5.91 Å². The highest BCUT2D eigenvalue weighted by Crippen LogP contribution is 2.25. The van der Waals surface area contributed by atoms with Crippen molar-refractivity contribution in [2.24, 2.45) is 0 Å². The third-order valence-corrected chi connectivity index (χ3v) is 4.47. The zero-order chi connectivity index (χ0) is 15.5. The molecule has 0 unspecified atom stereocenters. The summed E-state index contributed by atoms with van der Waals surface area (Å²) in [6, 6.07) is 3.67. The molecule has 1 aromatic heterocycles. The zero-order valence-corrected chi connectivity index (χ0v) is 13.5. The minimum atomic E-state index is 0.115. The van der Waals surface area contributed by atoms with Crippen molar-refractivity contribution in [1.29, 1.82) is 0 Å². The summed E-state index contributed by atoms with van der Waals surface area (Å²) < 4.78 is 5.50. The van der Waals surface area contributed by atoms with Crippen LogP contribution in [0.3, 0.4) is 0 Å². The van der Waals surface area contributed by atoms with Crippen LogP contribution in [0.2, 0.25) is 5.02 Å². The standard InChI is InChI=1S/C16H20ClN3O2/c1-12-13(4-3-11-22-12)16(21)20-9-7-19(8-10-20)15-14(17)5-2-6-18-15/h2,5-6H,3-4,7-11H2,1H3. The van der Waals surface area contributed by atoms with Crippen molar-refractivity contribution in [2.75, 3.05) is 37.7 Å². The SMILES string of the molecule is CC1=C(C(=O)N2CCN(c3ncccc3Cl)CC2)CCCO1. The predicted molar refractivity (Wildman–Crippen MR) is 85.9 cm³/mol. The van der Waals surface area contributed by atoms with Crippen LogP contribution in [-0.2, 0) is 9.53 Å². The summed E-state index contributed by atoms with van der Waals surface area (Å²) in [5, 5.41) is 0.654. The van der Waals surface area contributed by atoms with Gasteiger partial charge in [-0.2, -0.15) is 0 Å². The van der Waals surface area contributed by atoms with Gasteiger partial charge >= 0.3 is 0 Å². The molecule has 6 heteroatoms. The molecule has 3 heterocycles. The molecule has 0 spiro atoms. The molecular weight excluding hydrogens is 302 g/mol. The molecule has 0 saturated carbocycles. The van der Waals surface area contributed by atoms with Crippen molar-refractivity contribution in [3.63, 3.8) is 0 Å². The minimum Gasteiger partial charge on any atom is -0.498 e. The number of nitrogens with zero attached hydrogens (tertiary/aromatic N) is 3. The summed E-state index contributed by atoms with van der Waals surface area (Å²) in [6.45, 7) is 5.46. The lowest BCUT2D eigenvalue weighted by Gasteiger charge is -2.36. The number of rotatable bonds is 2. The van der Waals surface area contributed by atoms with Gasteiger partial charge in [-0.1, -0.05) is 11.6 Å². The zero-order valence-electron chi connectivity index (χ0n) is 12.7. The van der Waals surface area contributed by atoms with Crippen molar-refractivity contribution >= 4 is 23.3 Å². The summed E-state index contributed by atoms with van der Waals surface area (Å²) in [4.78, 5) is 21.0. The molecule has 1 saturated heterocycles. The lowest BCUT2D eigenvalue weighted by Crippen LogP contribution is -2.49. The van der Waals surface area contributed by atoms with Crippen molar-refractivity contribution in [1.82, 2.24) is 9.88 Å². The number of pyridine rings is 1. The Morgan fingerprint density at radius 3 is 2.77 bits per heavy atom. The van der Waals surface area contributed by atoms with Crippen LogP contribution in [0.15, 0.2) is 29.7 Å². The summed E-state index contributed by atoms with van der Waals surface area (Å²) >= 11 is 6.19. The molecule has 2 aliphatic rings. The molecule has 118 valence electrons. The first-order valence-electron chi connectivity index (χ1n) is 7.64. The number of ether oxygens (including phenoxy) is 1. The van der Waals surface area contributed by atoms with Crippen LogP contribution >= 0.6 is 11.6 Å². The Bertz CT molecular complexity index is 595. The topological polar surface area (TPSA) is 45.7 Å². The predicted octanol–water partition coefficient (Wildman–Crippen LogP) is 2.47. The monoisotopic (exact) mass is 321 g/mol. The van der Waals surface area contributed by atoms with Gasteiger partial charge in [-0.25, -0.2) is 4.98 Å². The van der Waals surface area contributed by atoms with Crippen molar-refractivity contribution in [3.8, 4) is 0 Å². The number of carbonyl (C=O) groups excluding carboxylic acids is 1. The number of hydrogen-bond donors (Lipinski definition) is 0. The molecule has 1 amide bonds. The first kappa shape index (κ1) is 15.2. The van der Waals surface area contributed by atoms with Crippen molar-refractivity contribution in [3.05, 3.63) is 34.7 Å². The quantitative estimate of drug-likeness (QED) is 0.839. The molecule has 1 aromatic rings. The third kappa shape index (κ3) is 3.04. The smallest absolute Gasteiger partial charge is 0.253 e. The van der Waals surface area contributed by atoms with Gasteiger partial charge in [0.1, 0.15) is 11.6 Å². The van der Waals surface area contributed by atoms with Crippen LogP contribution in [0.25, 0.3) is 0 Å². The van der Waals surface area contributed by atoms with Gasteiger partial charge in [0, 0.05) is 32.4 Å². The Hall–Kier alpha value is -1.75. The molecule has 0 radical (unpaired) electrons. The number of allylic oxidation sites excluding steroid dienone is 1. The van der Waals surface area contributed by atoms with Gasteiger partial charge < -0.3 is 14.5 Å². The van der Waals surface area contributed by atoms with Crippen LogP contribution < -0.4 is 4.90 Å². The van der Waals surface area contributed by atoms with E-state index in [-0.39, 0.29) is 5.91 Å². The average Bonchev–Trinajstić information content (AvgIpc) is 2.55. The Morgan fingerprint density at radius 1 is 1.32 bits per heavy atom. The van der Waals surface area contributed by atoms with Crippen molar-refractivity contribution < 1.29 is 9.53 Å². The molecule has 22 heavy (non-hydrogen) atoms. The van der Waals surface area contributed by atoms with Gasteiger partial charge in [-0.05, 0) is 31.9 Å². The van der Waals surface area contributed by atoms with Crippen molar-refractivity contribution in [2.45, 2.75) is 19.8 Å². The largest absolute Gasteiger partial charge is 0.498 e. The maximum atomic E-state index is 12.6. The second-order valence-electron chi connectivity index (χ2n) is 5.57. The Kier molecular flexibility index (Phi) is 4.52. The van der Waals surface area contributed by atoms with Crippen LogP contribution in [0.5, 0.6) is 0 Å².